The van der Waals surface area contributed by atoms with E-state index < -0.39 is 21.0 Å². The molecule has 21 heavy (non-hydrogen) atoms. The van der Waals surface area contributed by atoms with Gasteiger partial charge in [-0.25, -0.2) is 0 Å². The van der Waals surface area contributed by atoms with Crippen LogP contribution < -0.4 is 5.32 Å². The van der Waals surface area contributed by atoms with Crippen LogP contribution in [0.3, 0.4) is 0 Å². The summed E-state index contributed by atoms with van der Waals surface area (Å²) in [4.78, 5) is 11.6. The molecule has 4 nitrogen and oxygen atoms in total. The van der Waals surface area contributed by atoms with Crippen LogP contribution in [0.5, 0.6) is 0 Å². The van der Waals surface area contributed by atoms with Crippen molar-refractivity contribution in [1.29, 1.82) is 0 Å². The molecule has 0 aliphatic heterocycles. The summed E-state index contributed by atoms with van der Waals surface area (Å²) in [6.07, 6.45) is 0. The zero-order valence-corrected chi connectivity index (χ0v) is 14.3. The van der Waals surface area contributed by atoms with E-state index in [1.807, 2.05) is 0 Å². The van der Waals surface area contributed by atoms with E-state index in [1.54, 1.807) is 18.2 Å². The first-order valence-corrected chi connectivity index (χ1v) is 8.56. The van der Waals surface area contributed by atoms with Crippen molar-refractivity contribution in [1.82, 2.24) is 0 Å². The Kier molecular flexibility index (Phi) is 4.80. The molecular formula is C13H8Br2FNO3S. The summed E-state index contributed by atoms with van der Waals surface area (Å²) >= 11 is 6.50. The first-order valence-electron chi connectivity index (χ1n) is 5.59. The van der Waals surface area contributed by atoms with Crippen molar-refractivity contribution in [3.8, 4) is 0 Å². The first kappa shape index (κ1) is 16.1. The third kappa shape index (κ3) is 3.90. The number of halogens is 3. The maximum absolute atomic E-state index is 13.2. The molecule has 0 spiro atoms. The predicted molar refractivity (Wildman–Crippen MR) is 84.5 cm³/mol. The molecule has 0 aliphatic rings. The fourth-order valence-electron chi connectivity index (χ4n) is 1.65. The molecule has 2 aromatic rings. The lowest BCUT2D eigenvalue weighted by Gasteiger charge is -2.09. The fraction of sp³-hybridized carbons (Fsp3) is 0. The van der Waals surface area contributed by atoms with Crippen LogP contribution in [-0.2, 0) is 10.2 Å². The molecule has 2 rings (SSSR count). The van der Waals surface area contributed by atoms with E-state index in [0.717, 1.165) is 10.5 Å². The highest BCUT2D eigenvalue weighted by atomic mass is 79.9. The molecule has 0 fully saturated rings. The van der Waals surface area contributed by atoms with Crippen LogP contribution in [0.15, 0.2) is 56.3 Å². The van der Waals surface area contributed by atoms with Crippen molar-refractivity contribution < 1.29 is 17.1 Å². The zero-order chi connectivity index (χ0) is 15.6. The molecule has 1 N–H and O–H groups in total. The lowest BCUT2D eigenvalue weighted by atomic mass is 10.2. The quantitative estimate of drug-likeness (QED) is 0.736. The summed E-state index contributed by atoms with van der Waals surface area (Å²) in [5.74, 6) is -0.550. The smallest absolute Gasteiger partial charge is 0.321 e. The molecule has 0 saturated carbocycles. The van der Waals surface area contributed by atoms with Crippen molar-refractivity contribution in [2.24, 2.45) is 0 Å². The standard InChI is InChI=1S/C13H8Br2FNO3S/c14-8-5-6-9(10(15)7-8)13(18)17-11-3-1-2-4-12(11)21(16,19)20/h1-7H,(H,17,18). The van der Waals surface area contributed by atoms with Gasteiger partial charge in [-0.3, -0.25) is 4.79 Å². The minimum absolute atomic E-state index is 0.111. The number of hydrogen-bond acceptors (Lipinski definition) is 3. The van der Waals surface area contributed by atoms with Crippen LogP contribution in [-0.4, -0.2) is 14.3 Å². The second-order valence-electron chi connectivity index (χ2n) is 4.01. The van der Waals surface area contributed by atoms with Crippen molar-refractivity contribution in [3.05, 3.63) is 57.0 Å². The number of carbonyl (C=O) groups is 1. The molecule has 0 bridgehead atoms. The fourth-order valence-corrected chi connectivity index (χ4v) is 3.50. The molecule has 0 aromatic heterocycles. The monoisotopic (exact) mass is 435 g/mol. The summed E-state index contributed by atoms with van der Waals surface area (Å²) < 4.78 is 36.6. The Labute approximate surface area is 137 Å². The van der Waals surface area contributed by atoms with E-state index in [1.165, 1.54) is 18.2 Å². The maximum atomic E-state index is 13.2. The molecule has 0 atom stereocenters. The minimum Gasteiger partial charge on any atom is -0.321 e. The third-order valence-corrected chi connectivity index (χ3v) is 4.60. The Morgan fingerprint density at radius 2 is 1.76 bits per heavy atom. The molecule has 110 valence electrons. The lowest BCUT2D eigenvalue weighted by molar-refractivity contribution is 0.102. The number of benzene rings is 2. The van der Waals surface area contributed by atoms with Gasteiger partial charge in [-0.15, -0.1) is 3.89 Å². The number of amides is 1. The van der Waals surface area contributed by atoms with Crippen molar-refractivity contribution >= 4 is 53.7 Å². The van der Waals surface area contributed by atoms with Gasteiger partial charge < -0.3 is 5.32 Å². The second-order valence-corrected chi connectivity index (χ2v) is 7.10. The summed E-state index contributed by atoms with van der Waals surface area (Å²) in [6.45, 7) is 0. The molecule has 0 aliphatic carbocycles. The highest BCUT2D eigenvalue weighted by Crippen LogP contribution is 2.26. The van der Waals surface area contributed by atoms with E-state index >= 15 is 0 Å². The zero-order valence-electron chi connectivity index (χ0n) is 10.3. The van der Waals surface area contributed by atoms with Gasteiger partial charge in [0.1, 0.15) is 4.90 Å². The van der Waals surface area contributed by atoms with Crippen LogP contribution in [0.4, 0.5) is 9.57 Å². The van der Waals surface area contributed by atoms with Gasteiger partial charge in [0.15, 0.2) is 0 Å². The van der Waals surface area contributed by atoms with E-state index in [2.05, 4.69) is 37.2 Å². The normalized spacial score (nSPS) is 11.2. The van der Waals surface area contributed by atoms with E-state index in [4.69, 9.17) is 0 Å². The third-order valence-electron chi connectivity index (χ3n) is 2.57. The summed E-state index contributed by atoms with van der Waals surface area (Å²) in [6, 6.07) is 10.2. The van der Waals surface area contributed by atoms with Gasteiger partial charge in [0.05, 0.1) is 11.3 Å². The van der Waals surface area contributed by atoms with Gasteiger partial charge in [-0.1, -0.05) is 28.1 Å². The molecule has 0 heterocycles. The van der Waals surface area contributed by atoms with Gasteiger partial charge in [0, 0.05) is 8.95 Å². The van der Waals surface area contributed by atoms with E-state index in [-0.39, 0.29) is 5.69 Å². The number of nitrogens with one attached hydrogen (secondary N) is 1. The first-order chi connectivity index (χ1) is 9.79. The van der Waals surface area contributed by atoms with Crippen LogP contribution in [0.1, 0.15) is 10.4 Å². The van der Waals surface area contributed by atoms with E-state index in [0.29, 0.717) is 10.0 Å². The Morgan fingerprint density at radius 1 is 1.10 bits per heavy atom. The molecule has 0 radical (unpaired) electrons. The van der Waals surface area contributed by atoms with Crippen LogP contribution in [0, 0.1) is 0 Å². The molecule has 0 saturated heterocycles. The Morgan fingerprint density at radius 3 is 2.38 bits per heavy atom. The number of anilines is 1. The minimum atomic E-state index is -4.91. The molecule has 8 heteroatoms. The van der Waals surface area contributed by atoms with Crippen molar-refractivity contribution in [3.63, 3.8) is 0 Å². The van der Waals surface area contributed by atoms with Crippen LogP contribution in [0.2, 0.25) is 0 Å². The number of para-hydroxylation sites is 1. The Bertz CT molecular complexity index is 809. The predicted octanol–water partition coefficient (Wildman–Crippen LogP) is 4.12. The second kappa shape index (κ2) is 6.25. The summed E-state index contributed by atoms with van der Waals surface area (Å²) in [7, 11) is -4.91. The van der Waals surface area contributed by atoms with Gasteiger partial charge >= 0.3 is 10.2 Å². The Hall–Kier alpha value is -1.25. The van der Waals surface area contributed by atoms with Crippen molar-refractivity contribution in [2.75, 3.05) is 5.32 Å². The van der Waals surface area contributed by atoms with Gasteiger partial charge in [-0.05, 0) is 46.3 Å². The average molecular weight is 437 g/mol. The van der Waals surface area contributed by atoms with Gasteiger partial charge in [-0.2, -0.15) is 8.42 Å². The topological polar surface area (TPSA) is 63.2 Å². The lowest BCUT2D eigenvalue weighted by Crippen LogP contribution is -2.14. The Balaban J connectivity index is 2.37. The van der Waals surface area contributed by atoms with Crippen LogP contribution >= 0.6 is 31.9 Å². The van der Waals surface area contributed by atoms with Crippen LogP contribution in [0.25, 0.3) is 0 Å². The van der Waals surface area contributed by atoms with Crippen molar-refractivity contribution in [2.45, 2.75) is 4.90 Å². The SMILES string of the molecule is O=C(Nc1ccccc1S(=O)(=O)F)c1ccc(Br)cc1Br. The summed E-state index contributed by atoms with van der Waals surface area (Å²) in [5, 5.41) is 2.39. The number of hydrogen-bond donors (Lipinski definition) is 1. The van der Waals surface area contributed by atoms with Gasteiger partial charge in [0.25, 0.3) is 5.91 Å². The van der Waals surface area contributed by atoms with Gasteiger partial charge in [0.2, 0.25) is 0 Å². The molecular weight excluding hydrogens is 429 g/mol. The number of carbonyl (C=O) groups excluding carboxylic acids is 1. The van der Waals surface area contributed by atoms with E-state index in [9.17, 15) is 17.1 Å². The largest absolute Gasteiger partial charge is 0.334 e. The summed E-state index contributed by atoms with van der Waals surface area (Å²) in [5.41, 5.74) is 0.184. The maximum Gasteiger partial charge on any atom is 0.334 e. The number of rotatable bonds is 3. The molecule has 1 amide bonds. The highest BCUT2D eigenvalue weighted by molar-refractivity contribution is 9.11. The average Bonchev–Trinajstić information content (AvgIpc) is 2.37. The molecule has 2 aromatic carbocycles. The molecule has 0 unspecified atom stereocenters. The highest BCUT2D eigenvalue weighted by Gasteiger charge is 2.19.